The highest BCUT2D eigenvalue weighted by Crippen LogP contribution is 2.46. The maximum Gasteiger partial charge on any atom is 0.179 e. The minimum Gasteiger partial charge on any atom is -0.309 e. The van der Waals surface area contributed by atoms with Crippen LogP contribution in [0.4, 0.5) is 17.1 Å². The second-order valence-corrected chi connectivity index (χ2v) is 16.9. The fraction of sp³-hybridized carbons (Fsp3) is 0. The first-order valence-corrected chi connectivity index (χ1v) is 19.5. The van der Waals surface area contributed by atoms with Crippen molar-refractivity contribution in [2.75, 3.05) is 10.0 Å². The predicted molar refractivity (Wildman–Crippen MR) is 216 cm³/mol. The molecule has 0 amide bonds. The molecule has 10 rings (SSSR count). The summed E-state index contributed by atoms with van der Waals surface area (Å²) in [6.45, 7) is 0. The van der Waals surface area contributed by atoms with Gasteiger partial charge >= 0.3 is 0 Å². The van der Waals surface area contributed by atoms with Gasteiger partial charge in [0.1, 0.15) is 0 Å². The van der Waals surface area contributed by atoms with Crippen LogP contribution in [0.5, 0.6) is 0 Å². The number of hydrogen-bond donors (Lipinski definition) is 0. The normalized spacial score (nSPS) is 13.6. The Morgan fingerprint density at radius 1 is 0.373 bits per heavy atom. The van der Waals surface area contributed by atoms with Crippen molar-refractivity contribution in [2.24, 2.45) is 0 Å². The maximum atomic E-state index is 2.50. The van der Waals surface area contributed by atoms with Crippen LogP contribution >= 0.6 is 0 Å². The molecule has 0 radical (unpaired) electrons. The van der Waals surface area contributed by atoms with Crippen molar-refractivity contribution in [3.05, 3.63) is 207 Å². The number of allylic oxidation sites excluding steroid dienone is 2. The van der Waals surface area contributed by atoms with E-state index >= 15 is 0 Å². The minimum atomic E-state index is -2.69. The molecular weight excluding hydrogens is 637 g/mol. The van der Waals surface area contributed by atoms with E-state index in [1.54, 1.807) is 0 Å². The fourth-order valence-corrected chi connectivity index (χ4v) is 13.0. The van der Waals surface area contributed by atoms with Crippen LogP contribution in [-0.4, -0.2) is 17.8 Å². The van der Waals surface area contributed by atoms with E-state index < -0.39 is 8.07 Å². The van der Waals surface area contributed by atoms with Crippen LogP contribution in [-0.2, 0) is 0 Å². The molecule has 0 bridgehead atoms. The van der Waals surface area contributed by atoms with Crippen molar-refractivity contribution in [3.63, 3.8) is 0 Å². The molecule has 8 aromatic rings. The second-order valence-electron chi connectivity index (χ2n) is 13.1. The molecule has 51 heavy (non-hydrogen) atoms. The third-order valence-electron chi connectivity index (χ3n) is 10.4. The van der Waals surface area contributed by atoms with Crippen molar-refractivity contribution >= 4 is 67.7 Å². The first kappa shape index (κ1) is 29.4. The average Bonchev–Trinajstić information content (AvgIpc) is 3.72. The van der Waals surface area contributed by atoms with Gasteiger partial charge in [-0.05, 0) is 75.4 Å². The lowest BCUT2D eigenvalue weighted by molar-refractivity contribution is 0.408. The molecule has 0 N–H and O–H groups in total. The summed E-state index contributed by atoms with van der Waals surface area (Å²) >= 11 is 0. The number of fused-ring (bicyclic) bond motifs is 6. The summed E-state index contributed by atoms with van der Waals surface area (Å²) in [7, 11) is -2.69. The van der Waals surface area contributed by atoms with Crippen LogP contribution in [0.1, 0.15) is 0 Å². The quantitative estimate of drug-likeness (QED) is 0.131. The Balaban J connectivity index is 1.21. The van der Waals surface area contributed by atoms with Gasteiger partial charge < -0.3 is 4.57 Å². The third-order valence-corrected chi connectivity index (χ3v) is 15.2. The largest absolute Gasteiger partial charge is 0.309 e. The van der Waals surface area contributed by atoms with Crippen LogP contribution in [0.3, 0.4) is 0 Å². The van der Waals surface area contributed by atoms with E-state index in [0.29, 0.717) is 0 Å². The van der Waals surface area contributed by atoms with Crippen molar-refractivity contribution in [1.29, 1.82) is 0 Å². The van der Waals surface area contributed by atoms with Gasteiger partial charge in [-0.15, -0.1) is 0 Å². The topological polar surface area (TPSA) is 14.7 Å². The molecule has 0 spiro atoms. The molecule has 0 unspecified atom stereocenters. The Morgan fingerprint density at radius 2 is 0.941 bits per heavy atom. The molecule has 3 heterocycles. The van der Waals surface area contributed by atoms with Gasteiger partial charge in [0.15, 0.2) is 8.07 Å². The van der Waals surface area contributed by atoms with Gasteiger partial charge in [-0.25, -0.2) is 10.0 Å². The van der Waals surface area contributed by atoms with E-state index in [4.69, 9.17) is 0 Å². The van der Waals surface area contributed by atoms with Crippen LogP contribution in [0.15, 0.2) is 207 Å². The summed E-state index contributed by atoms with van der Waals surface area (Å²) in [5, 5.41) is 14.7. The minimum absolute atomic E-state index is 1.11. The van der Waals surface area contributed by atoms with Crippen molar-refractivity contribution in [1.82, 2.24) is 9.69 Å². The third kappa shape index (κ3) is 4.45. The summed E-state index contributed by atoms with van der Waals surface area (Å²) in [6.07, 6.45) is 8.40. The number of aromatic nitrogens is 1. The number of anilines is 3. The van der Waals surface area contributed by atoms with Gasteiger partial charge in [0.05, 0.1) is 28.1 Å². The highest BCUT2D eigenvalue weighted by Gasteiger charge is 2.41. The van der Waals surface area contributed by atoms with Crippen molar-refractivity contribution in [3.8, 4) is 5.69 Å². The Bertz CT molecular complexity index is 2500. The monoisotopic (exact) mass is 670 g/mol. The van der Waals surface area contributed by atoms with E-state index in [-0.39, 0.29) is 0 Å². The van der Waals surface area contributed by atoms with Gasteiger partial charge in [-0.1, -0.05) is 140 Å². The molecule has 0 aliphatic carbocycles. The summed E-state index contributed by atoms with van der Waals surface area (Å²) in [4.78, 5) is 0. The molecule has 1 aromatic heterocycles. The molecule has 4 nitrogen and oxygen atoms in total. The number of para-hydroxylation sites is 2. The first-order chi connectivity index (χ1) is 25.3. The molecule has 0 fully saturated rings. The Kier molecular flexibility index (Phi) is 6.79. The van der Waals surface area contributed by atoms with Crippen LogP contribution < -0.4 is 30.8 Å². The van der Waals surface area contributed by atoms with E-state index in [1.165, 1.54) is 42.6 Å². The number of benzene rings is 7. The molecular formula is C46H34N4Si. The molecule has 5 heteroatoms. The number of rotatable bonds is 6. The molecule has 0 atom stereocenters. The van der Waals surface area contributed by atoms with Crippen molar-refractivity contribution in [2.45, 2.75) is 0 Å². The number of nitrogens with zero attached hydrogens (tertiary/aromatic N) is 4. The summed E-state index contributed by atoms with van der Waals surface area (Å²) in [5.74, 6) is 0. The molecule has 2 aliphatic heterocycles. The standard InChI is InChI=1S/C46H34N4Si/c1-5-17-35(18-6-1)50-45-29-27-36(33-46(45)47-31-15-16-32-48(47)50)49-43-26-14-13-25-41(43)42-34-40(28-30-44(42)49)51(37-19-7-2-8-20-37,38-21-9-3-10-22-38)39-23-11-4-12-24-39/h1-34H. The zero-order valence-electron chi connectivity index (χ0n) is 27.9. The van der Waals surface area contributed by atoms with E-state index in [1.807, 2.05) is 0 Å². The molecule has 2 aliphatic rings. The fourth-order valence-electron chi connectivity index (χ4n) is 8.25. The zero-order chi connectivity index (χ0) is 33.8. The van der Waals surface area contributed by atoms with Crippen LogP contribution in [0.25, 0.3) is 27.5 Å². The molecule has 242 valence electrons. The van der Waals surface area contributed by atoms with Gasteiger partial charge in [-0.2, -0.15) is 5.12 Å². The summed E-state index contributed by atoms with van der Waals surface area (Å²) in [6, 6.07) is 67.0. The molecule has 7 aromatic carbocycles. The second kappa shape index (κ2) is 11.8. The maximum absolute atomic E-state index is 2.69. The van der Waals surface area contributed by atoms with Gasteiger partial charge in [0.2, 0.25) is 0 Å². The molecule has 0 saturated heterocycles. The SMILES string of the molecule is C1=CN2c3cc(-n4c5ccccc5c5cc([Si](c6ccccc6)(c6ccccc6)c6ccccc6)ccc54)ccc3N(c3ccccc3)N2C=C1. The Hall–Kier alpha value is -6.56. The van der Waals surface area contributed by atoms with E-state index in [2.05, 4.69) is 226 Å². The predicted octanol–water partition coefficient (Wildman–Crippen LogP) is 8.29. The van der Waals surface area contributed by atoms with Gasteiger partial charge in [0.25, 0.3) is 0 Å². The lowest BCUT2D eigenvalue weighted by atomic mass is 10.1. The lowest BCUT2D eigenvalue weighted by Crippen LogP contribution is -2.74. The van der Waals surface area contributed by atoms with Crippen molar-refractivity contribution < 1.29 is 0 Å². The van der Waals surface area contributed by atoms with Crippen LogP contribution in [0, 0.1) is 0 Å². The highest BCUT2D eigenvalue weighted by molar-refractivity contribution is 7.20. The van der Waals surface area contributed by atoms with Crippen LogP contribution in [0.2, 0.25) is 0 Å². The van der Waals surface area contributed by atoms with Gasteiger partial charge in [-0.3, -0.25) is 0 Å². The number of hydrogen-bond acceptors (Lipinski definition) is 3. The average molecular weight is 671 g/mol. The summed E-state index contributed by atoms with van der Waals surface area (Å²) < 4.78 is 2.44. The number of hydrazine groups is 2. The Morgan fingerprint density at radius 3 is 1.61 bits per heavy atom. The Labute approximate surface area is 298 Å². The smallest absolute Gasteiger partial charge is 0.179 e. The lowest BCUT2D eigenvalue weighted by Gasteiger charge is -2.34. The van der Waals surface area contributed by atoms with Gasteiger partial charge in [0, 0.05) is 28.9 Å². The highest BCUT2D eigenvalue weighted by atomic mass is 28.3. The molecule has 0 saturated carbocycles. The first-order valence-electron chi connectivity index (χ1n) is 17.5. The zero-order valence-corrected chi connectivity index (χ0v) is 28.9. The summed E-state index contributed by atoms with van der Waals surface area (Å²) in [5.41, 5.74) is 6.89. The van der Waals surface area contributed by atoms with E-state index in [9.17, 15) is 0 Å². The van der Waals surface area contributed by atoms with E-state index in [0.717, 1.165) is 22.7 Å².